The maximum Gasteiger partial charge on any atom is 0.138 e. The number of aromatic amines is 1. The Kier molecular flexibility index (Phi) is 3.06. The second-order valence-electron chi connectivity index (χ2n) is 6.25. The summed E-state index contributed by atoms with van der Waals surface area (Å²) in [6, 6.07) is 16.3. The van der Waals surface area contributed by atoms with Gasteiger partial charge in [0.15, 0.2) is 0 Å². The van der Waals surface area contributed by atoms with Crippen LogP contribution in [0.5, 0.6) is 0 Å². The molecule has 0 unspecified atom stereocenters. The van der Waals surface area contributed by atoms with E-state index in [0.717, 1.165) is 50.2 Å². The summed E-state index contributed by atoms with van der Waals surface area (Å²) in [5, 5.41) is 1.79. The van der Waals surface area contributed by atoms with Crippen LogP contribution in [0, 0.1) is 6.92 Å². The van der Waals surface area contributed by atoms with E-state index >= 15 is 0 Å². The zero-order chi connectivity index (χ0) is 17.0. The molecule has 0 radical (unpaired) electrons. The standard InChI is InChI=1S/C21H14ClN3/c1-12-6-7-15(17(22)10-12)20-16-11-24-21-19(16)14(8-9-23-21)13-4-2-3-5-18(13)25-20/h2-11H,1H3,(H,23,24). The van der Waals surface area contributed by atoms with Crippen molar-refractivity contribution < 1.29 is 0 Å². The molecule has 4 aromatic rings. The highest BCUT2D eigenvalue weighted by Crippen LogP contribution is 2.40. The smallest absolute Gasteiger partial charge is 0.138 e. The second kappa shape index (κ2) is 5.30. The number of halogens is 1. The van der Waals surface area contributed by atoms with E-state index in [1.54, 1.807) is 0 Å². The normalized spacial score (nSPS) is 12.6. The number of aliphatic imine (C=N–C) groups is 1. The number of aromatic nitrogens is 2. The lowest BCUT2D eigenvalue weighted by atomic mass is 9.97. The first-order valence-corrected chi connectivity index (χ1v) is 8.51. The Morgan fingerprint density at radius 3 is 2.68 bits per heavy atom. The number of aryl methyl sites for hydroxylation is 1. The highest BCUT2D eigenvalue weighted by atomic mass is 35.5. The first kappa shape index (κ1) is 14.4. The molecule has 120 valence electrons. The predicted molar refractivity (Wildman–Crippen MR) is 103 cm³/mol. The SMILES string of the molecule is Cc1ccc(C2=Nc3ccccc3-c3ccnc4[nH]cc2c34)c(Cl)c1. The number of fused-ring (bicyclic) bond motifs is 2. The minimum absolute atomic E-state index is 0.706. The van der Waals surface area contributed by atoms with Crippen LogP contribution in [0.2, 0.25) is 5.02 Å². The quantitative estimate of drug-likeness (QED) is 0.418. The minimum Gasteiger partial charge on any atom is -0.345 e. The van der Waals surface area contributed by atoms with Crippen LogP contribution in [0.25, 0.3) is 22.2 Å². The molecule has 1 N–H and O–H groups in total. The molecule has 3 nitrogen and oxygen atoms in total. The lowest BCUT2D eigenvalue weighted by Gasteiger charge is -2.08. The molecule has 0 spiro atoms. The Balaban J connectivity index is 1.92. The van der Waals surface area contributed by atoms with Gasteiger partial charge in [-0.3, -0.25) is 0 Å². The molecule has 0 saturated heterocycles. The van der Waals surface area contributed by atoms with E-state index < -0.39 is 0 Å². The summed E-state index contributed by atoms with van der Waals surface area (Å²) in [5.74, 6) is 0. The molecule has 1 aliphatic heterocycles. The fourth-order valence-corrected chi connectivity index (χ4v) is 3.79. The fraction of sp³-hybridized carbons (Fsp3) is 0.0476. The second-order valence-corrected chi connectivity index (χ2v) is 6.65. The van der Waals surface area contributed by atoms with E-state index in [4.69, 9.17) is 16.6 Å². The lowest BCUT2D eigenvalue weighted by Crippen LogP contribution is -2.03. The van der Waals surface area contributed by atoms with Crippen molar-refractivity contribution in [1.29, 1.82) is 0 Å². The van der Waals surface area contributed by atoms with Gasteiger partial charge in [-0.05, 0) is 36.2 Å². The molecule has 25 heavy (non-hydrogen) atoms. The van der Waals surface area contributed by atoms with Crippen LogP contribution in [-0.4, -0.2) is 15.7 Å². The molecule has 4 heteroatoms. The summed E-state index contributed by atoms with van der Waals surface area (Å²) >= 11 is 6.57. The van der Waals surface area contributed by atoms with Crippen LogP contribution in [0.3, 0.4) is 0 Å². The van der Waals surface area contributed by atoms with Crippen molar-refractivity contribution in [3.63, 3.8) is 0 Å². The van der Waals surface area contributed by atoms with Crippen molar-refractivity contribution in [2.45, 2.75) is 6.92 Å². The third kappa shape index (κ3) is 2.13. The Morgan fingerprint density at radius 1 is 0.920 bits per heavy atom. The molecule has 5 rings (SSSR count). The maximum absolute atomic E-state index is 6.57. The summed E-state index contributed by atoms with van der Waals surface area (Å²) in [6.45, 7) is 2.04. The largest absolute Gasteiger partial charge is 0.345 e. The molecule has 0 amide bonds. The van der Waals surface area contributed by atoms with E-state index in [0.29, 0.717) is 5.02 Å². The molecule has 0 saturated carbocycles. The maximum atomic E-state index is 6.57. The van der Waals surface area contributed by atoms with E-state index in [2.05, 4.69) is 22.1 Å². The van der Waals surface area contributed by atoms with Crippen molar-refractivity contribution in [2.24, 2.45) is 4.99 Å². The number of rotatable bonds is 1. The van der Waals surface area contributed by atoms with Gasteiger partial charge >= 0.3 is 0 Å². The monoisotopic (exact) mass is 343 g/mol. The lowest BCUT2D eigenvalue weighted by molar-refractivity contribution is 1.32. The third-order valence-corrected chi connectivity index (χ3v) is 4.95. The van der Waals surface area contributed by atoms with Gasteiger partial charge in [-0.15, -0.1) is 0 Å². The van der Waals surface area contributed by atoms with Crippen LogP contribution >= 0.6 is 11.6 Å². The fourth-order valence-electron chi connectivity index (χ4n) is 3.46. The number of para-hydroxylation sites is 1. The molecule has 2 aromatic carbocycles. The topological polar surface area (TPSA) is 41.0 Å². The van der Waals surface area contributed by atoms with Crippen molar-refractivity contribution in [2.75, 3.05) is 0 Å². The first-order chi connectivity index (χ1) is 12.2. The van der Waals surface area contributed by atoms with E-state index in [1.807, 2.05) is 55.7 Å². The zero-order valence-electron chi connectivity index (χ0n) is 13.5. The Hall–Kier alpha value is -2.91. The van der Waals surface area contributed by atoms with Gasteiger partial charge in [0.2, 0.25) is 0 Å². The summed E-state index contributed by atoms with van der Waals surface area (Å²) in [7, 11) is 0. The van der Waals surface area contributed by atoms with E-state index in [-0.39, 0.29) is 0 Å². The minimum atomic E-state index is 0.706. The molecule has 0 atom stereocenters. The summed E-state index contributed by atoms with van der Waals surface area (Å²) in [6.07, 6.45) is 3.81. The Labute approximate surface area is 150 Å². The van der Waals surface area contributed by atoms with Crippen molar-refractivity contribution in [3.05, 3.63) is 82.6 Å². The van der Waals surface area contributed by atoms with Gasteiger partial charge in [-0.1, -0.05) is 41.9 Å². The zero-order valence-corrected chi connectivity index (χ0v) is 14.3. The van der Waals surface area contributed by atoms with Crippen molar-refractivity contribution >= 4 is 34.0 Å². The van der Waals surface area contributed by atoms with Gasteiger partial charge in [0.05, 0.1) is 16.4 Å². The number of pyridine rings is 1. The number of nitrogens with zero attached hydrogens (tertiary/aromatic N) is 2. The van der Waals surface area contributed by atoms with Crippen LogP contribution in [-0.2, 0) is 0 Å². The van der Waals surface area contributed by atoms with Gasteiger partial charge in [-0.25, -0.2) is 9.98 Å². The van der Waals surface area contributed by atoms with Crippen LogP contribution in [0.1, 0.15) is 16.7 Å². The number of nitrogens with one attached hydrogen (secondary N) is 1. The number of hydrogen-bond donors (Lipinski definition) is 1. The van der Waals surface area contributed by atoms with Gasteiger partial charge in [-0.2, -0.15) is 0 Å². The molecule has 0 bridgehead atoms. The molecular weight excluding hydrogens is 330 g/mol. The number of benzene rings is 2. The van der Waals surface area contributed by atoms with Crippen molar-refractivity contribution in [1.82, 2.24) is 9.97 Å². The first-order valence-electron chi connectivity index (χ1n) is 8.13. The Morgan fingerprint density at radius 2 is 1.80 bits per heavy atom. The van der Waals surface area contributed by atoms with E-state index in [1.165, 1.54) is 0 Å². The Bertz CT molecular complexity index is 1170. The molecule has 2 aromatic heterocycles. The number of H-pyrrole nitrogens is 1. The highest BCUT2D eigenvalue weighted by Gasteiger charge is 2.23. The summed E-state index contributed by atoms with van der Waals surface area (Å²) in [5.41, 5.74) is 8.01. The van der Waals surface area contributed by atoms with Crippen LogP contribution < -0.4 is 0 Å². The van der Waals surface area contributed by atoms with Crippen LogP contribution in [0.4, 0.5) is 5.69 Å². The van der Waals surface area contributed by atoms with Gasteiger partial charge < -0.3 is 4.98 Å². The third-order valence-electron chi connectivity index (χ3n) is 4.63. The molecule has 1 aliphatic rings. The highest BCUT2D eigenvalue weighted by molar-refractivity contribution is 6.37. The molecule has 3 heterocycles. The average Bonchev–Trinajstić information content (AvgIpc) is 2.98. The van der Waals surface area contributed by atoms with Gasteiger partial charge in [0.25, 0.3) is 0 Å². The summed E-state index contributed by atoms with van der Waals surface area (Å²) in [4.78, 5) is 12.8. The summed E-state index contributed by atoms with van der Waals surface area (Å²) < 4.78 is 0. The van der Waals surface area contributed by atoms with Crippen molar-refractivity contribution in [3.8, 4) is 11.1 Å². The number of hydrogen-bond acceptors (Lipinski definition) is 2. The molecule has 0 aliphatic carbocycles. The molecular formula is C21H14ClN3. The van der Waals surface area contributed by atoms with Gasteiger partial charge in [0, 0.05) is 34.5 Å². The van der Waals surface area contributed by atoms with Crippen LogP contribution in [0.15, 0.2) is 65.9 Å². The molecule has 0 fully saturated rings. The van der Waals surface area contributed by atoms with Gasteiger partial charge in [0.1, 0.15) is 5.65 Å². The predicted octanol–water partition coefficient (Wildman–Crippen LogP) is 5.67. The van der Waals surface area contributed by atoms with E-state index in [9.17, 15) is 0 Å². The average molecular weight is 344 g/mol.